The van der Waals surface area contributed by atoms with Crippen molar-refractivity contribution in [2.24, 2.45) is 0 Å². The highest BCUT2D eigenvalue weighted by atomic mass is 16.5. The first-order valence-corrected chi connectivity index (χ1v) is 7.90. The molecule has 1 aliphatic heterocycles. The van der Waals surface area contributed by atoms with Gasteiger partial charge in [0.15, 0.2) is 0 Å². The standard InChI is InChI=1S/C19H19NO4/c1-3-23-19(22)13-9-14-16(12-7-5-4-6-8-12)11-24-17(14)15(10-13)18(21)20-2/h4-10,16H,3,11H2,1-2H3,(H,20,21)/t16-/m0/s1. The Bertz CT molecular complexity index is 770. The van der Waals surface area contributed by atoms with E-state index in [0.29, 0.717) is 23.5 Å². The minimum atomic E-state index is -0.441. The second kappa shape index (κ2) is 6.74. The molecule has 2 aromatic carbocycles. The van der Waals surface area contributed by atoms with Gasteiger partial charge in [-0.2, -0.15) is 0 Å². The quantitative estimate of drug-likeness (QED) is 0.878. The van der Waals surface area contributed by atoms with Gasteiger partial charge in [-0.3, -0.25) is 4.79 Å². The topological polar surface area (TPSA) is 64.6 Å². The molecule has 0 spiro atoms. The van der Waals surface area contributed by atoms with Crippen LogP contribution in [0, 0.1) is 0 Å². The van der Waals surface area contributed by atoms with Crippen LogP contribution >= 0.6 is 0 Å². The van der Waals surface area contributed by atoms with Crippen molar-refractivity contribution in [1.82, 2.24) is 5.32 Å². The van der Waals surface area contributed by atoms with Crippen molar-refractivity contribution in [3.63, 3.8) is 0 Å². The number of esters is 1. The third kappa shape index (κ3) is 2.85. The highest BCUT2D eigenvalue weighted by Gasteiger charge is 2.31. The Labute approximate surface area is 140 Å². The Kier molecular flexibility index (Phi) is 4.51. The van der Waals surface area contributed by atoms with Crippen molar-refractivity contribution in [1.29, 1.82) is 0 Å². The summed E-state index contributed by atoms with van der Waals surface area (Å²) in [5.41, 5.74) is 2.64. The number of nitrogens with one attached hydrogen (secondary N) is 1. The number of benzene rings is 2. The van der Waals surface area contributed by atoms with Crippen LogP contribution in [0.2, 0.25) is 0 Å². The maximum atomic E-state index is 12.2. The minimum absolute atomic E-state index is 0.0148. The predicted molar refractivity (Wildman–Crippen MR) is 89.6 cm³/mol. The average molecular weight is 325 g/mol. The molecule has 0 saturated heterocycles. The fourth-order valence-corrected chi connectivity index (χ4v) is 2.92. The molecule has 0 saturated carbocycles. The molecule has 0 aliphatic carbocycles. The summed E-state index contributed by atoms with van der Waals surface area (Å²) in [7, 11) is 1.55. The molecule has 1 amide bonds. The maximum absolute atomic E-state index is 12.2. The molecule has 24 heavy (non-hydrogen) atoms. The van der Waals surface area contributed by atoms with E-state index in [1.807, 2.05) is 30.3 Å². The number of hydrogen-bond acceptors (Lipinski definition) is 4. The Hall–Kier alpha value is -2.82. The molecule has 5 heteroatoms. The molecule has 3 rings (SSSR count). The highest BCUT2D eigenvalue weighted by molar-refractivity contribution is 6.01. The Morgan fingerprint density at radius 2 is 2.00 bits per heavy atom. The first kappa shape index (κ1) is 16.1. The molecule has 1 aliphatic rings. The lowest BCUT2D eigenvalue weighted by molar-refractivity contribution is 0.0526. The number of ether oxygens (including phenoxy) is 2. The van der Waals surface area contributed by atoms with Crippen molar-refractivity contribution in [3.8, 4) is 5.75 Å². The molecule has 0 radical (unpaired) electrons. The number of rotatable bonds is 4. The monoisotopic (exact) mass is 325 g/mol. The summed E-state index contributed by atoms with van der Waals surface area (Å²) in [6.45, 7) is 2.47. The summed E-state index contributed by atoms with van der Waals surface area (Å²) in [4.78, 5) is 24.4. The molecular formula is C19H19NO4. The van der Waals surface area contributed by atoms with E-state index < -0.39 is 5.97 Å². The largest absolute Gasteiger partial charge is 0.491 e. The first-order valence-electron chi connectivity index (χ1n) is 7.90. The lowest BCUT2D eigenvalue weighted by atomic mass is 9.90. The fraction of sp³-hybridized carbons (Fsp3) is 0.263. The molecular weight excluding hydrogens is 306 g/mol. The Morgan fingerprint density at radius 1 is 1.25 bits per heavy atom. The molecule has 2 aromatic rings. The second-order valence-electron chi connectivity index (χ2n) is 5.52. The average Bonchev–Trinajstić information content (AvgIpc) is 3.05. The number of carbonyl (C=O) groups is 2. The van der Waals surface area contributed by atoms with Gasteiger partial charge in [-0.15, -0.1) is 0 Å². The van der Waals surface area contributed by atoms with E-state index >= 15 is 0 Å². The van der Waals surface area contributed by atoms with Crippen LogP contribution in [0.5, 0.6) is 5.75 Å². The molecule has 0 bridgehead atoms. The van der Waals surface area contributed by atoms with Crippen molar-refractivity contribution in [2.45, 2.75) is 12.8 Å². The zero-order valence-corrected chi connectivity index (χ0v) is 13.7. The van der Waals surface area contributed by atoms with Gasteiger partial charge in [0.05, 0.1) is 24.3 Å². The zero-order valence-electron chi connectivity index (χ0n) is 13.7. The lowest BCUT2D eigenvalue weighted by Gasteiger charge is -2.12. The van der Waals surface area contributed by atoms with Gasteiger partial charge >= 0.3 is 5.97 Å². The lowest BCUT2D eigenvalue weighted by Crippen LogP contribution is -2.19. The third-order valence-corrected chi connectivity index (χ3v) is 4.07. The van der Waals surface area contributed by atoms with Crippen molar-refractivity contribution in [2.75, 3.05) is 20.3 Å². The van der Waals surface area contributed by atoms with E-state index in [4.69, 9.17) is 9.47 Å². The normalized spacial score (nSPS) is 15.3. The summed E-state index contributed by atoms with van der Waals surface area (Å²) >= 11 is 0. The predicted octanol–water partition coefficient (Wildman–Crippen LogP) is 2.75. The molecule has 124 valence electrons. The van der Waals surface area contributed by atoms with Crippen LogP contribution in [-0.4, -0.2) is 32.1 Å². The van der Waals surface area contributed by atoms with Crippen molar-refractivity contribution >= 4 is 11.9 Å². The van der Waals surface area contributed by atoms with Crippen LogP contribution in [0.15, 0.2) is 42.5 Å². The van der Waals surface area contributed by atoms with Crippen molar-refractivity contribution in [3.05, 3.63) is 64.7 Å². The van der Waals surface area contributed by atoms with E-state index in [-0.39, 0.29) is 18.4 Å². The SMILES string of the molecule is CCOC(=O)c1cc(C(=O)NC)c2c(c1)[C@H](c1ccccc1)CO2. The number of amides is 1. The summed E-state index contributed by atoms with van der Waals surface area (Å²) in [6.07, 6.45) is 0. The minimum Gasteiger partial charge on any atom is -0.491 e. The number of carbonyl (C=O) groups excluding carboxylic acids is 2. The van der Waals surface area contributed by atoms with Gasteiger partial charge < -0.3 is 14.8 Å². The Morgan fingerprint density at radius 3 is 2.67 bits per heavy atom. The van der Waals surface area contributed by atoms with Gasteiger partial charge in [0.2, 0.25) is 0 Å². The van der Waals surface area contributed by atoms with Gasteiger partial charge in [-0.1, -0.05) is 30.3 Å². The van der Waals surface area contributed by atoms with E-state index in [1.54, 1.807) is 20.0 Å². The molecule has 0 fully saturated rings. The Balaban J connectivity index is 2.11. The van der Waals surface area contributed by atoms with Crippen LogP contribution in [0.4, 0.5) is 0 Å². The molecule has 0 aromatic heterocycles. The first-order chi connectivity index (χ1) is 11.7. The third-order valence-electron chi connectivity index (χ3n) is 4.07. The molecule has 5 nitrogen and oxygen atoms in total. The van der Waals surface area contributed by atoms with Crippen LogP contribution in [0.3, 0.4) is 0 Å². The summed E-state index contributed by atoms with van der Waals surface area (Å²) in [6, 6.07) is 13.2. The summed E-state index contributed by atoms with van der Waals surface area (Å²) in [5, 5.41) is 2.59. The van der Waals surface area contributed by atoms with Crippen LogP contribution in [-0.2, 0) is 4.74 Å². The van der Waals surface area contributed by atoms with Gasteiger partial charge in [-0.05, 0) is 24.6 Å². The van der Waals surface area contributed by atoms with Crippen LogP contribution < -0.4 is 10.1 Å². The van der Waals surface area contributed by atoms with Gasteiger partial charge in [0.1, 0.15) is 5.75 Å². The second-order valence-corrected chi connectivity index (χ2v) is 5.52. The number of fused-ring (bicyclic) bond motifs is 1. The van der Waals surface area contributed by atoms with Crippen molar-refractivity contribution < 1.29 is 19.1 Å². The molecule has 1 atom stereocenters. The van der Waals surface area contributed by atoms with Crippen LogP contribution in [0.25, 0.3) is 0 Å². The fourth-order valence-electron chi connectivity index (χ4n) is 2.92. The van der Waals surface area contributed by atoms with Crippen LogP contribution in [0.1, 0.15) is 44.7 Å². The van der Waals surface area contributed by atoms with E-state index in [0.717, 1.165) is 11.1 Å². The zero-order chi connectivity index (χ0) is 17.1. The maximum Gasteiger partial charge on any atom is 0.338 e. The van der Waals surface area contributed by atoms with E-state index in [2.05, 4.69) is 5.32 Å². The molecule has 1 N–H and O–H groups in total. The van der Waals surface area contributed by atoms with E-state index in [9.17, 15) is 9.59 Å². The van der Waals surface area contributed by atoms with Gasteiger partial charge in [0.25, 0.3) is 5.91 Å². The number of hydrogen-bond donors (Lipinski definition) is 1. The summed E-state index contributed by atoms with van der Waals surface area (Å²) < 4.78 is 10.9. The smallest absolute Gasteiger partial charge is 0.338 e. The summed E-state index contributed by atoms with van der Waals surface area (Å²) in [5.74, 6) is -0.203. The van der Waals surface area contributed by atoms with Gasteiger partial charge in [-0.25, -0.2) is 4.79 Å². The highest BCUT2D eigenvalue weighted by Crippen LogP contribution is 2.41. The van der Waals surface area contributed by atoms with Gasteiger partial charge in [0, 0.05) is 18.5 Å². The molecule has 0 unspecified atom stereocenters. The molecule has 1 heterocycles. The van der Waals surface area contributed by atoms with E-state index in [1.165, 1.54) is 6.07 Å².